The maximum atomic E-state index is 13.4. The van der Waals surface area contributed by atoms with Crippen molar-refractivity contribution in [1.29, 1.82) is 0 Å². The largest absolute Gasteiger partial charge is 0.497 e. The van der Waals surface area contributed by atoms with Gasteiger partial charge in [-0.15, -0.1) is 0 Å². The minimum atomic E-state index is -0.764. The third-order valence-electron chi connectivity index (χ3n) is 6.09. The molecule has 190 valence electrons. The summed E-state index contributed by atoms with van der Waals surface area (Å²) < 4.78 is 5.17. The lowest BCUT2D eigenvalue weighted by Crippen LogP contribution is -2.54. The highest BCUT2D eigenvalue weighted by atomic mass is 16.5. The van der Waals surface area contributed by atoms with Crippen LogP contribution in [0.5, 0.6) is 5.75 Å². The van der Waals surface area contributed by atoms with E-state index in [0.717, 1.165) is 11.3 Å². The Bertz CT molecular complexity index is 1060. The molecular formula is C25H35N5O5. The first-order chi connectivity index (χ1) is 16.4. The number of aliphatic hydroxyl groups excluding tert-OH is 1. The number of carbonyl (C=O) groups is 3. The number of rotatable bonds is 7. The molecule has 1 aromatic heterocycles. The number of imidazole rings is 1. The summed E-state index contributed by atoms with van der Waals surface area (Å²) in [4.78, 5) is 48.7. The predicted octanol–water partition coefficient (Wildman–Crippen LogP) is 1.88. The van der Waals surface area contributed by atoms with E-state index >= 15 is 0 Å². The Morgan fingerprint density at radius 2 is 1.94 bits per heavy atom. The molecule has 1 saturated heterocycles. The maximum absolute atomic E-state index is 13.4. The number of methoxy groups -OCH3 is 1. The van der Waals surface area contributed by atoms with Crippen LogP contribution in [0.1, 0.15) is 62.0 Å². The van der Waals surface area contributed by atoms with E-state index in [4.69, 9.17) is 4.74 Å². The Labute approximate surface area is 205 Å². The fourth-order valence-electron chi connectivity index (χ4n) is 4.23. The Morgan fingerprint density at radius 3 is 2.51 bits per heavy atom. The number of hydrogen-bond acceptors (Lipinski definition) is 6. The number of aliphatic hydroxyl groups is 1. The molecule has 0 unspecified atom stereocenters. The average Bonchev–Trinajstić information content (AvgIpc) is 3.43. The third-order valence-corrected chi connectivity index (χ3v) is 6.09. The van der Waals surface area contributed by atoms with E-state index in [0.29, 0.717) is 18.1 Å². The van der Waals surface area contributed by atoms with Crippen LogP contribution in [0.4, 0.5) is 0 Å². The van der Waals surface area contributed by atoms with Gasteiger partial charge in [0.15, 0.2) is 0 Å². The zero-order valence-corrected chi connectivity index (χ0v) is 21.2. The highest BCUT2D eigenvalue weighted by molar-refractivity contribution is 5.92. The summed E-state index contributed by atoms with van der Waals surface area (Å²) in [6, 6.07) is 6.16. The molecule has 0 spiro atoms. The molecule has 35 heavy (non-hydrogen) atoms. The molecule has 2 aromatic rings. The average molecular weight is 486 g/mol. The molecule has 0 saturated carbocycles. The normalized spacial score (nSPS) is 18.8. The molecule has 10 heteroatoms. The van der Waals surface area contributed by atoms with Gasteiger partial charge in [-0.25, -0.2) is 4.98 Å². The molecular weight excluding hydrogens is 450 g/mol. The molecule has 2 heterocycles. The second kappa shape index (κ2) is 10.5. The number of carbonyl (C=O) groups excluding carboxylic acids is 3. The van der Waals surface area contributed by atoms with E-state index in [2.05, 4.69) is 15.3 Å². The molecule has 1 aliphatic rings. The second-order valence-electron chi connectivity index (χ2n) is 10.1. The van der Waals surface area contributed by atoms with E-state index in [1.54, 1.807) is 19.1 Å². The lowest BCUT2D eigenvalue weighted by Gasteiger charge is -2.35. The number of hydrogen-bond donors (Lipinski definition) is 3. The fourth-order valence-corrected chi connectivity index (χ4v) is 4.23. The van der Waals surface area contributed by atoms with Crippen molar-refractivity contribution in [2.45, 2.75) is 58.8 Å². The summed E-state index contributed by atoms with van der Waals surface area (Å²) in [5, 5.41) is 13.1. The number of aromatic nitrogens is 2. The SMILES string of the molecule is COc1ccc(CN(C)C(=O)c2cnc([C@@H]3C[C@@H](O)CN3C(=O)[C@@H](NC(C)=O)C(C)(C)C)[nH]2)cc1. The Morgan fingerprint density at radius 1 is 1.29 bits per heavy atom. The van der Waals surface area contributed by atoms with E-state index in [9.17, 15) is 19.5 Å². The Balaban J connectivity index is 1.76. The van der Waals surface area contributed by atoms with Crippen LogP contribution < -0.4 is 10.1 Å². The predicted molar refractivity (Wildman–Crippen MR) is 130 cm³/mol. The van der Waals surface area contributed by atoms with Crippen LogP contribution >= 0.6 is 0 Å². The van der Waals surface area contributed by atoms with Gasteiger partial charge in [-0.2, -0.15) is 0 Å². The molecule has 3 atom stereocenters. The number of ether oxygens (including phenoxy) is 1. The summed E-state index contributed by atoms with van der Waals surface area (Å²) in [5.74, 6) is 0.315. The summed E-state index contributed by atoms with van der Waals surface area (Å²) in [5.41, 5.74) is 0.706. The smallest absolute Gasteiger partial charge is 0.271 e. The monoisotopic (exact) mass is 485 g/mol. The van der Waals surface area contributed by atoms with Crippen molar-refractivity contribution in [3.63, 3.8) is 0 Å². The quantitative estimate of drug-likeness (QED) is 0.549. The van der Waals surface area contributed by atoms with Gasteiger partial charge in [0.05, 0.1) is 25.5 Å². The standard InChI is InChI=1S/C25H35N5O5/c1-15(31)27-21(25(2,3)4)24(34)30-14-17(32)11-20(30)22-26-12-19(28-22)23(33)29(5)13-16-7-9-18(35-6)10-8-16/h7-10,12,17,20-21,32H,11,13-14H2,1-6H3,(H,26,28)(H,27,31)/t17-,20+,21-/m1/s1. The highest BCUT2D eigenvalue weighted by Gasteiger charge is 2.43. The molecule has 1 aliphatic heterocycles. The number of aromatic amines is 1. The van der Waals surface area contributed by atoms with Crippen molar-refractivity contribution < 1.29 is 24.2 Å². The van der Waals surface area contributed by atoms with Crippen molar-refractivity contribution in [1.82, 2.24) is 25.1 Å². The number of benzene rings is 1. The first-order valence-electron chi connectivity index (χ1n) is 11.6. The van der Waals surface area contributed by atoms with Gasteiger partial charge in [-0.05, 0) is 23.1 Å². The van der Waals surface area contributed by atoms with Gasteiger partial charge in [0.2, 0.25) is 11.8 Å². The van der Waals surface area contributed by atoms with Gasteiger partial charge in [0, 0.05) is 33.5 Å². The van der Waals surface area contributed by atoms with Crippen molar-refractivity contribution in [2.75, 3.05) is 20.7 Å². The van der Waals surface area contributed by atoms with E-state index < -0.39 is 23.6 Å². The highest BCUT2D eigenvalue weighted by Crippen LogP contribution is 2.33. The number of nitrogens with zero attached hydrogens (tertiary/aromatic N) is 3. The molecule has 1 fully saturated rings. The number of likely N-dealkylation sites (tertiary alicyclic amines) is 1. The summed E-state index contributed by atoms with van der Waals surface area (Å²) in [6.07, 6.45) is 1.000. The van der Waals surface area contributed by atoms with Crippen molar-refractivity contribution in [3.05, 3.63) is 47.5 Å². The summed E-state index contributed by atoms with van der Waals surface area (Å²) in [6.45, 7) is 7.50. The van der Waals surface area contributed by atoms with Gasteiger partial charge in [0.25, 0.3) is 5.91 Å². The van der Waals surface area contributed by atoms with Crippen molar-refractivity contribution >= 4 is 17.7 Å². The Hall–Kier alpha value is -3.40. The topological polar surface area (TPSA) is 128 Å². The van der Waals surface area contributed by atoms with Crippen molar-refractivity contribution in [2.24, 2.45) is 5.41 Å². The zero-order valence-electron chi connectivity index (χ0n) is 21.2. The van der Waals surface area contributed by atoms with Crippen LogP contribution in [-0.4, -0.2) is 75.4 Å². The number of nitrogens with one attached hydrogen (secondary N) is 2. The Kier molecular flexibility index (Phi) is 7.84. The van der Waals surface area contributed by atoms with Crippen molar-refractivity contribution in [3.8, 4) is 5.75 Å². The first-order valence-corrected chi connectivity index (χ1v) is 11.6. The maximum Gasteiger partial charge on any atom is 0.271 e. The van der Waals surface area contributed by atoms with E-state index in [1.807, 2.05) is 45.0 Å². The molecule has 0 radical (unpaired) electrons. The summed E-state index contributed by atoms with van der Waals surface area (Å²) >= 11 is 0. The number of H-pyrrole nitrogens is 1. The van der Waals surface area contributed by atoms with E-state index in [1.165, 1.54) is 18.0 Å². The van der Waals surface area contributed by atoms with Gasteiger partial charge in [-0.1, -0.05) is 32.9 Å². The van der Waals surface area contributed by atoms with Gasteiger partial charge in [-0.3, -0.25) is 14.4 Å². The van der Waals surface area contributed by atoms with Crippen LogP contribution in [0.3, 0.4) is 0 Å². The molecule has 10 nitrogen and oxygen atoms in total. The molecule has 3 N–H and O–H groups in total. The van der Waals surface area contributed by atoms with Gasteiger partial charge in [0.1, 0.15) is 23.3 Å². The van der Waals surface area contributed by atoms with Gasteiger partial charge < -0.3 is 29.9 Å². The van der Waals surface area contributed by atoms with Crippen LogP contribution in [0.15, 0.2) is 30.5 Å². The van der Waals surface area contributed by atoms with Crippen LogP contribution in [-0.2, 0) is 16.1 Å². The molecule has 0 aliphatic carbocycles. The lowest BCUT2D eigenvalue weighted by atomic mass is 9.85. The minimum absolute atomic E-state index is 0.122. The minimum Gasteiger partial charge on any atom is -0.497 e. The first kappa shape index (κ1) is 26.2. The van der Waals surface area contributed by atoms with Crippen LogP contribution in [0.25, 0.3) is 0 Å². The lowest BCUT2D eigenvalue weighted by molar-refractivity contribution is -0.140. The van der Waals surface area contributed by atoms with E-state index in [-0.39, 0.29) is 30.7 Å². The molecule has 3 amide bonds. The van der Waals surface area contributed by atoms with Crippen LogP contribution in [0, 0.1) is 5.41 Å². The number of β-amino-alcohol motifs (C(OH)–C–C–N with tert-alkyl or cyclic N) is 1. The van der Waals surface area contributed by atoms with Crippen LogP contribution in [0.2, 0.25) is 0 Å². The molecule has 1 aromatic carbocycles. The van der Waals surface area contributed by atoms with Gasteiger partial charge >= 0.3 is 0 Å². The summed E-state index contributed by atoms with van der Waals surface area (Å²) in [7, 11) is 3.30. The third kappa shape index (κ3) is 6.19. The number of amides is 3. The molecule has 0 bridgehead atoms. The fraction of sp³-hybridized carbons (Fsp3) is 0.520. The second-order valence-corrected chi connectivity index (χ2v) is 10.1. The zero-order chi connectivity index (χ0) is 25.9. The molecule has 3 rings (SSSR count).